The molecule has 0 saturated heterocycles. The fourth-order valence-corrected chi connectivity index (χ4v) is 2.49. The Labute approximate surface area is 98.2 Å². The van der Waals surface area contributed by atoms with Gasteiger partial charge in [-0.1, -0.05) is 6.07 Å². The van der Waals surface area contributed by atoms with Crippen LogP contribution < -0.4 is 0 Å². The average molecular weight is 232 g/mol. The van der Waals surface area contributed by atoms with E-state index in [-0.39, 0.29) is 0 Å². The van der Waals surface area contributed by atoms with Crippen LogP contribution in [0.3, 0.4) is 0 Å². The van der Waals surface area contributed by atoms with Crippen molar-refractivity contribution in [2.45, 2.75) is 13.8 Å². The molecule has 0 bridgehead atoms. The largest absolute Gasteiger partial charge is 0.478 e. The third-order valence-corrected chi connectivity index (χ3v) is 3.40. The molecule has 0 fully saturated rings. The molecule has 1 N–H and O–H groups in total. The average Bonchev–Trinajstić information content (AvgIpc) is 2.64. The summed E-state index contributed by atoms with van der Waals surface area (Å²) in [5.74, 6) is -0.877. The van der Waals surface area contributed by atoms with Crippen molar-refractivity contribution in [3.63, 3.8) is 0 Å². The number of aromatic carboxylic acids is 1. The number of thiophene rings is 1. The highest BCUT2D eigenvalue weighted by Gasteiger charge is 2.07. The van der Waals surface area contributed by atoms with Gasteiger partial charge in [-0.2, -0.15) is 0 Å². The highest BCUT2D eigenvalue weighted by molar-refractivity contribution is 7.15. The Morgan fingerprint density at radius 3 is 2.50 bits per heavy atom. The van der Waals surface area contributed by atoms with E-state index in [9.17, 15) is 4.79 Å². The molecular weight excluding hydrogens is 220 g/mol. The van der Waals surface area contributed by atoms with E-state index in [0.717, 1.165) is 16.0 Å². The van der Waals surface area contributed by atoms with Gasteiger partial charge in [0.2, 0.25) is 0 Å². The van der Waals surface area contributed by atoms with Crippen LogP contribution in [0.25, 0.3) is 10.4 Å². The zero-order valence-electron chi connectivity index (χ0n) is 9.15. The zero-order valence-corrected chi connectivity index (χ0v) is 9.97. The van der Waals surface area contributed by atoms with E-state index in [4.69, 9.17) is 5.11 Å². The summed E-state index contributed by atoms with van der Waals surface area (Å²) in [5.41, 5.74) is 2.30. The third kappa shape index (κ3) is 2.14. The third-order valence-electron chi connectivity index (χ3n) is 2.35. The van der Waals surface area contributed by atoms with Gasteiger partial charge in [0.05, 0.1) is 5.56 Å². The second kappa shape index (κ2) is 4.10. The highest BCUT2D eigenvalue weighted by Crippen LogP contribution is 2.29. The smallest absolute Gasteiger partial charge is 0.335 e. The second-order valence-corrected chi connectivity index (χ2v) is 5.09. The Kier molecular flexibility index (Phi) is 2.79. The molecule has 0 atom stereocenters. The number of carbonyl (C=O) groups is 1. The van der Waals surface area contributed by atoms with Crippen molar-refractivity contribution in [1.29, 1.82) is 0 Å². The molecule has 3 heteroatoms. The van der Waals surface area contributed by atoms with Gasteiger partial charge in [0, 0.05) is 9.75 Å². The minimum atomic E-state index is -0.877. The summed E-state index contributed by atoms with van der Waals surface area (Å²) in [6.07, 6.45) is 0. The lowest BCUT2D eigenvalue weighted by atomic mass is 10.1. The Morgan fingerprint density at radius 2 is 1.94 bits per heavy atom. The summed E-state index contributed by atoms with van der Waals surface area (Å²) in [4.78, 5) is 13.3. The Hall–Kier alpha value is -1.61. The minimum Gasteiger partial charge on any atom is -0.478 e. The Balaban J connectivity index is 2.53. The maximum Gasteiger partial charge on any atom is 0.335 e. The van der Waals surface area contributed by atoms with Gasteiger partial charge in [0.1, 0.15) is 0 Å². The SMILES string of the molecule is Cc1cc(C(=O)O)cc(-c2ccc(C)s2)c1. The van der Waals surface area contributed by atoms with Crippen molar-refractivity contribution < 1.29 is 9.90 Å². The van der Waals surface area contributed by atoms with Crippen LogP contribution in [0.15, 0.2) is 30.3 Å². The van der Waals surface area contributed by atoms with Crippen molar-refractivity contribution in [2.75, 3.05) is 0 Å². The number of hydrogen-bond donors (Lipinski definition) is 1. The molecule has 1 aromatic heterocycles. The first-order valence-corrected chi connectivity index (χ1v) is 5.80. The molecule has 0 aliphatic carbocycles. The van der Waals surface area contributed by atoms with Gasteiger partial charge in [-0.25, -0.2) is 4.79 Å². The van der Waals surface area contributed by atoms with Crippen molar-refractivity contribution >= 4 is 17.3 Å². The van der Waals surface area contributed by atoms with E-state index in [0.29, 0.717) is 5.56 Å². The quantitative estimate of drug-likeness (QED) is 0.856. The molecule has 0 unspecified atom stereocenters. The second-order valence-electron chi connectivity index (χ2n) is 3.80. The molecule has 2 nitrogen and oxygen atoms in total. The molecule has 0 aliphatic rings. The highest BCUT2D eigenvalue weighted by atomic mass is 32.1. The van der Waals surface area contributed by atoms with Crippen LogP contribution in [0.4, 0.5) is 0 Å². The lowest BCUT2D eigenvalue weighted by Gasteiger charge is -2.02. The lowest BCUT2D eigenvalue weighted by molar-refractivity contribution is 0.0697. The topological polar surface area (TPSA) is 37.3 Å². The van der Waals surface area contributed by atoms with Gasteiger partial charge in [-0.15, -0.1) is 11.3 Å². The van der Waals surface area contributed by atoms with E-state index in [1.165, 1.54) is 4.88 Å². The summed E-state index contributed by atoms with van der Waals surface area (Å²) >= 11 is 1.68. The van der Waals surface area contributed by atoms with Gasteiger partial charge < -0.3 is 5.11 Å². The van der Waals surface area contributed by atoms with Crippen LogP contribution in [0.2, 0.25) is 0 Å². The van der Waals surface area contributed by atoms with Gasteiger partial charge in [-0.3, -0.25) is 0 Å². The molecule has 0 spiro atoms. The van der Waals surface area contributed by atoms with Crippen LogP contribution in [0.1, 0.15) is 20.8 Å². The fraction of sp³-hybridized carbons (Fsp3) is 0.154. The molecular formula is C13H12O2S. The number of carboxylic acid groups (broad SMARTS) is 1. The van der Waals surface area contributed by atoms with Crippen LogP contribution >= 0.6 is 11.3 Å². The summed E-state index contributed by atoms with van der Waals surface area (Å²) in [5, 5.41) is 8.99. The van der Waals surface area contributed by atoms with Gasteiger partial charge in [0.15, 0.2) is 0 Å². The van der Waals surface area contributed by atoms with E-state index >= 15 is 0 Å². The van der Waals surface area contributed by atoms with Crippen LogP contribution in [-0.2, 0) is 0 Å². The summed E-state index contributed by atoms with van der Waals surface area (Å²) in [7, 11) is 0. The molecule has 2 rings (SSSR count). The standard InChI is InChI=1S/C13H12O2S/c1-8-5-10(7-11(6-8)13(14)15)12-4-3-9(2)16-12/h3-7H,1-2H3,(H,14,15). The summed E-state index contributed by atoms with van der Waals surface area (Å²) in [6.45, 7) is 3.96. The number of rotatable bonds is 2. The first kappa shape index (κ1) is 10.9. The number of aryl methyl sites for hydroxylation is 2. The Bertz CT molecular complexity index is 541. The molecule has 16 heavy (non-hydrogen) atoms. The Morgan fingerprint density at radius 1 is 1.19 bits per heavy atom. The maximum absolute atomic E-state index is 10.9. The van der Waals surface area contributed by atoms with Gasteiger partial charge in [-0.05, 0) is 49.2 Å². The van der Waals surface area contributed by atoms with Crippen LogP contribution in [-0.4, -0.2) is 11.1 Å². The van der Waals surface area contributed by atoms with E-state index in [2.05, 4.69) is 0 Å². The molecule has 0 radical (unpaired) electrons. The summed E-state index contributed by atoms with van der Waals surface area (Å²) < 4.78 is 0. The molecule has 2 aromatic rings. The zero-order chi connectivity index (χ0) is 11.7. The molecule has 0 saturated carbocycles. The molecule has 0 amide bonds. The first-order chi connectivity index (χ1) is 7.56. The van der Waals surface area contributed by atoms with E-state index in [1.54, 1.807) is 23.5 Å². The van der Waals surface area contributed by atoms with Crippen molar-refractivity contribution in [1.82, 2.24) is 0 Å². The lowest BCUT2D eigenvalue weighted by Crippen LogP contribution is -1.96. The van der Waals surface area contributed by atoms with Crippen LogP contribution in [0.5, 0.6) is 0 Å². The molecule has 1 heterocycles. The monoisotopic (exact) mass is 232 g/mol. The van der Waals surface area contributed by atoms with E-state index < -0.39 is 5.97 Å². The molecule has 0 aliphatic heterocycles. The predicted molar refractivity (Wildman–Crippen MR) is 66.2 cm³/mol. The van der Waals surface area contributed by atoms with Crippen molar-refractivity contribution in [3.8, 4) is 10.4 Å². The summed E-state index contributed by atoms with van der Waals surface area (Å²) in [6, 6.07) is 9.49. The maximum atomic E-state index is 10.9. The van der Waals surface area contributed by atoms with Crippen molar-refractivity contribution in [2.24, 2.45) is 0 Å². The minimum absolute atomic E-state index is 0.348. The van der Waals surface area contributed by atoms with Gasteiger partial charge in [0.25, 0.3) is 0 Å². The van der Waals surface area contributed by atoms with Crippen LogP contribution in [0, 0.1) is 13.8 Å². The number of benzene rings is 1. The fourth-order valence-electron chi connectivity index (χ4n) is 1.64. The first-order valence-electron chi connectivity index (χ1n) is 4.98. The molecule has 82 valence electrons. The molecule has 1 aromatic carbocycles. The predicted octanol–water partition coefficient (Wildman–Crippen LogP) is 3.73. The van der Waals surface area contributed by atoms with E-state index in [1.807, 2.05) is 32.0 Å². The van der Waals surface area contributed by atoms with Gasteiger partial charge >= 0.3 is 5.97 Å². The normalized spacial score (nSPS) is 10.4. The number of hydrogen-bond acceptors (Lipinski definition) is 2. The number of carboxylic acids is 1. The van der Waals surface area contributed by atoms with Crippen molar-refractivity contribution in [3.05, 3.63) is 46.3 Å².